The number of nitrogen functional groups attached to an aromatic ring is 1. The van der Waals surface area contributed by atoms with Crippen molar-refractivity contribution in [3.63, 3.8) is 0 Å². The van der Waals surface area contributed by atoms with Crippen LogP contribution >= 0.6 is 11.8 Å². The fraction of sp³-hybridized carbons (Fsp3) is 0.143. The normalized spacial score (nSPS) is 12.5. The minimum Gasteiger partial charge on any atom is -0.454 e. The summed E-state index contributed by atoms with van der Waals surface area (Å²) in [5.74, 6) is 3.20. The molecule has 0 amide bonds. The van der Waals surface area contributed by atoms with E-state index in [1.807, 2.05) is 18.2 Å². The molecular weight excluding hydrogens is 318 g/mol. The van der Waals surface area contributed by atoms with Gasteiger partial charge in [0.05, 0.1) is 5.75 Å². The van der Waals surface area contributed by atoms with E-state index in [9.17, 15) is 0 Å². The summed E-state index contributed by atoms with van der Waals surface area (Å²) in [4.78, 5) is 12.5. The molecule has 116 valence electrons. The van der Waals surface area contributed by atoms with E-state index in [1.165, 1.54) is 11.8 Å². The second-order valence-electron chi connectivity index (χ2n) is 4.62. The van der Waals surface area contributed by atoms with Crippen LogP contribution in [0, 0.1) is 0 Å². The highest BCUT2D eigenvalue weighted by Crippen LogP contribution is 2.35. The molecule has 0 bridgehead atoms. The highest BCUT2D eigenvalue weighted by molar-refractivity contribution is 7.98. The minimum absolute atomic E-state index is 0.229. The van der Waals surface area contributed by atoms with Crippen LogP contribution in [0.5, 0.6) is 11.5 Å². The third kappa shape index (κ3) is 2.78. The summed E-state index contributed by atoms with van der Waals surface area (Å²) in [6.45, 7) is 0.229. The van der Waals surface area contributed by atoms with E-state index in [4.69, 9.17) is 19.7 Å². The van der Waals surface area contributed by atoms with Gasteiger partial charge in [0.2, 0.25) is 18.5 Å². The van der Waals surface area contributed by atoms with Gasteiger partial charge in [-0.3, -0.25) is 0 Å². The van der Waals surface area contributed by atoms with Crippen LogP contribution in [0.3, 0.4) is 0 Å². The monoisotopic (exact) mass is 329 g/mol. The lowest BCUT2D eigenvalue weighted by molar-refractivity contribution is 0.174. The Morgan fingerprint density at radius 2 is 2.00 bits per heavy atom. The van der Waals surface area contributed by atoms with Gasteiger partial charge >= 0.3 is 0 Å². The van der Waals surface area contributed by atoms with Gasteiger partial charge in [-0.2, -0.15) is 4.98 Å². The van der Waals surface area contributed by atoms with Crippen molar-refractivity contribution >= 4 is 17.6 Å². The molecular formula is C14H11N5O3S. The number of hydrogen-bond donors (Lipinski definition) is 1. The molecule has 1 aromatic carbocycles. The summed E-state index contributed by atoms with van der Waals surface area (Å²) >= 11 is 1.39. The van der Waals surface area contributed by atoms with Gasteiger partial charge in [-0.05, 0) is 18.2 Å². The third-order valence-corrected chi connectivity index (χ3v) is 4.10. The van der Waals surface area contributed by atoms with E-state index >= 15 is 0 Å². The zero-order valence-electron chi connectivity index (χ0n) is 11.8. The fourth-order valence-electron chi connectivity index (χ4n) is 2.04. The maximum Gasteiger partial charge on any atom is 0.237 e. The Bertz CT molecular complexity index is 854. The molecule has 3 heterocycles. The number of nitrogens with zero attached hydrogens (tertiary/aromatic N) is 4. The molecule has 3 aromatic rings. The summed E-state index contributed by atoms with van der Waals surface area (Å²) < 4.78 is 15.9. The van der Waals surface area contributed by atoms with Crippen LogP contribution in [-0.4, -0.2) is 26.9 Å². The predicted molar refractivity (Wildman–Crippen MR) is 81.9 cm³/mol. The summed E-state index contributed by atoms with van der Waals surface area (Å²) in [5.41, 5.74) is 6.55. The number of ether oxygens (including phenoxy) is 2. The first-order chi connectivity index (χ1) is 11.3. The molecule has 0 unspecified atom stereocenters. The number of rotatable bonds is 4. The molecule has 0 saturated carbocycles. The van der Waals surface area contributed by atoms with Crippen LogP contribution in [0.25, 0.3) is 11.4 Å². The van der Waals surface area contributed by atoms with Crippen molar-refractivity contribution in [1.29, 1.82) is 0 Å². The summed E-state index contributed by atoms with van der Waals surface area (Å²) in [6, 6.07) is 5.50. The van der Waals surface area contributed by atoms with Crippen molar-refractivity contribution in [3.05, 3.63) is 36.5 Å². The first kappa shape index (κ1) is 13.8. The van der Waals surface area contributed by atoms with E-state index < -0.39 is 0 Å². The second kappa shape index (κ2) is 5.76. The van der Waals surface area contributed by atoms with E-state index in [2.05, 4.69) is 20.1 Å². The van der Waals surface area contributed by atoms with Crippen molar-refractivity contribution < 1.29 is 14.0 Å². The van der Waals surface area contributed by atoms with Gasteiger partial charge < -0.3 is 19.7 Å². The van der Waals surface area contributed by atoms with Crippen molar-refractivity contribution in [3.8, 4) is 22.9 Å². The molecule has 9 heteroatoms. The number of hydrogen-bond acceptors (Lipinski definition) is 9. The number of nitrogens with two attached hydrogens (primary N) is 1. The van der Waals surface area contributed by atoms with E-state index in [1.54, 1.807) is 12.4 Å². The molecule has 0 radical (unpaired) electrons. The van der Waals surface area contributed by atoms with Crippen LogP contribution < -0.4 is 15.2 Å². The molecule has 0 saturated heterocycles. The average molecular weight is 329 g/mol. The third-order valence-electron chi connectivity index (χ3n) is 3.12. The van der Waals surface area contributed by atoms with Crippen molar-refractivity contribution in [2.24, 2.45) is 0 Å². The minimum atomic E-state index is 0.229. The highest BCUT2D eigenvalue weighted by atomic mass is 32.2. The molecule has 0 aliphatic carbocycles. The molecule has 0 spiro atoms. The molecule has 1 aliphatic heterocycles. The summed E-state index contributed by atoms with van der Waals surface area (Å²) in [5, 5.41) is 4.62. The lowest BCUT2D eigenvalue weighted by Crippen LogP contribution is -1.95. The van der Waals surface area contributed by atoms with Gasteiger partial charge in [0, 0.05) is 18.0 Å². The first-order valence-corrected chi connectivity index (χ1v) is 7.70. The number of thioether (sulfide) groups is 1. The Morgan fingerprint density at radius 3 is 2.91 bits per heavy atom. The van der Waals surface area contributed by atoms with Gasteiger partial charge in [-0.25, -0.2) is 9.97 Å². The molecule has 8 nitrogen and oxygen atoms in total. The first-order valence-electron chi connectivity index (χ1n) is 6.71. The van der Waals surface area contributed by atoms with Crippen molar-refractivity contribution in [2.75, 3.05) is 12.5 Å². The van der Waals surface area contributed by atoms with Gasteiger partial charge in [-0.15, -0.1) is 0 Å². The van der Waals surface area contributed by atoms with Crippen molar-refractivity contribution in [2.45, 2.75) is 10.8 Å². The lowest BCUT2D eigenvalue weighted by atomic mass is 10.2. The SMILES string of the molecule is Nc1nccnc1SCc1nc(-c2ccc3c(c2)OCO3)no1. The number of anilines is 1. The predicted octanol–water partition coefficient (Wildman–Crippen LogP) is 2.13. The zero-order valence-corrected chi connectivity index (χ0v) is 12.6. The Hall–Kier alpha value is -2.81. The number of benzene rings is 1. The highest BCUT2D eigenvalue weighted by Gasteiger charge is 2.16. The maximum absolute atomic E-state index is 5.75. The van der Waals surface area contributed by atoms with E-state index in [0.29, 0.717) is 39.8 Å². The molecule has 23 heavy (non-hydrogen) atoms. The summed E-state index contributed by atoms with van der Waals surface area (Å²) in [6.07, 6.45) is 3.13. The molecule has 1 aliphatic rings. The molecule has 2 N–H and O–H groups in total. The Morgan fingerprint density at radius 1 is 1.13 bits per heavy atom. The molecule has 4 rings (SSSR count). The molecule has 0 fully saturated rings. The van der Waals surface area contributed by atoms with Crippen LogP contribution in [0.1, 0.15) is 5.89 Å². The Labute approximate surface area is 135 Å². The maximum atomic E-state index is 5.75. The molecule has 0 atom stereocenters. The second-order valence-corrected chi connectivity index (χ2v) is 5.58. The van der Waals surface area contributed by atoms with E-state index in [0.717, 1.165) is 5.56 Å². The average Bonchev–Trinajstić information content (AvgIpc) is 3.22. The topological polar surface area (TPSA) is 109 Å². The van der Waals surface area contributed by atoms with Gasteiger partial charge in [0.1, 0.15) is 5.03 Å². The standard InChI is InChI=1S/C14H11N5O3S/c15-12-14(17-4-3-16-12)23-6-11-18-13(19-22-11)8-1-2-9-10(5-8)21-7-20-9/h1-5H,6-7H2,(H2,15,16). The lowest BCUT2D eigenvalue weighted by Gasteiger charge is -1.99. The number of fused-ring (bicyclic) bond motifs is 1. The Balaban J connectivity index is 1.50. The van der Waals surface area contributed by atoms with Crippen molar-refractivity contribution in [1.82, 2.24) is 20.1 Å². The zero-order chi connectivity index (χ0) is 15.6. The largest absolute Gasteiger partial charge is 0.454 e. The Kier molecular flexibility index (Phi) is 3.46. The molecule has 2 aromatic heterocycles. The quantitative estimate of drug-likeness (QED) is 0.720. The van der Waals surface area contributed by atoms with Gasteiger partial charge in [0.25, 0.3) is 0 Å². The van der Waals surface area contributed by atoms with Crippen LogP contribution in [0.15, 0.2) is 40.1 Å². The van der Waals surface area contributed by atoms with Crippen LogP contribution in [0.4, 0.5) is 5.82 Å². The van der Waals surface area contributed by atoms with Crippen LogP contribution in [-0.2, 0) is 5.75 Å². The number of aromatic nitrogens is 4. The smallest absolute Gasteiger partial charge is 0.237 e. The van der Waals surface area contributed by atoms with Gasteiger partial charge in [0.15, 0.2) is 17.3 Å². The van der Waals surface area contributed by atoms with Crippen LogP contribution in [0.2, 0.25) is 0 Å². The fourth-order valence-corrected chi connectivity index (χ4v) is 2.76. The van der Waals surface area contributed by atoms with E-state index in [-0.39, 0.29) is 6.79 Å². The van der Waals surface area contributed by atoms with Gasteiger partial charge in [-0.1, -0.05) is 16.9 Å². The summed E-state index contributed by atoms with van der Waals surface area (Å²) in [7, 11) is 0.